The predicted molar refractivity (Wildman–Crippen MR) is 44.6 cm³/mol. The maximum absolute atomic E-state index is 10.7. The van der Waals surface area contributed by atoms with Crippen molar-refractivity contribution in [1.82, 2.24) is 4.90 Å². The van der Waals surface area contributed by atoms with Gasteiger partial charge in [-0.2, -0.15) is 0 Å². The van der Waals surface area contributed by atoms with E-state index in [2.05, 4.69) is 0 Å². The van der Waals surface area contributed by atoms with E-state index in [-0.39, 0.29) is 6.54 Å². The van der Waals surface area contributed by atoms with Crippen LogP contribution in [0.5, 0.6) is 0 Å². The minimum atomic E-state index is -1.02. The molecule has 1 atom stereocenters. The summed E-state index contributed by atoms with van der Waals surface area (Å²) in [6.45, 7) is 0.587. The number of amides is 1. The largest absolute Gasteiger partial charge is 0.481 e. The van der Waals surface area contributed by atoms with Crippen LogP contribution < -0.4 is 0 Å². The number of nitrogens with zero attached hydrogens (tertiary/aromatic N) is 1. The molecule has 13 heavy (non-hydrogen) atoms. The van der Waals surface area contributed by atoms with Crippen LogP contribution in [0.25, 0.3) is 0 Å². The summed E-state index contributed by atoms with van der Waals surface area (Å²) in [4.78, 5) is 22.5. The lowest BCUT2D eigenvalue weighted by molar-refractivity contribution is -0.142. The number of likely N-dealkylation sites (tertiary alicyclic amines) is 1. The van der Waals surface area contributed by atoms with Crippen molar-refractivity contribution in [3.05, 3.63) is 0 Å². The second-order valence-electron chi connectivity index (χ2n) is 3.26. The van der Waals surface area contributed by atoms with Gasteiger partial charge in [-0.3, -0.25) is 4.79 Å². The number of hydrogen-bond donors (Lipinski definition) is 2. The Labute approximate surface area is 76.0 Å². The highest BCUT2D eigenvalue weighted by atomic mass is 16.4. The first-order valence-electron chi connectivity index (χ1n) is 4.32. The average molecular weight is 187 g/mol. The van der Waals surface area contributed by atoms with E-state index in [1.807, 2.05) is 0 Å². The van der Waals surface area contributed by atoms with Crippen LogP contribution in [-0.2, 0) is 4.79 Å². The fraction of sp³-hybridized carbons (Fsp3) is 0.750. The van der Waals surface area contributed by atoms with Gasteiger partial charge in [-0.05, 0) is 12.8 Å². The average Bonchev–Trinajstić information content (AvgIpc) is 2.28. The highest BCUT2D eigenvalue weighted by Gasteiger charge is 2.25. The lowest BCUT2D eigenvalue weighted by atomic mass is 10.0. The third-order valence-corrected chi connectivity index (χ3v) is 2.29. The molecule has 0 aromatic rings. The Morgan fingerprint density at radius 3 is 2.46 bits per heavy atom. The molecule has 1 rings (SSSR count). The van der Waals surface area contributed by atoms with Gasteiger partial charge in [0, 0.05) is 13.1 Å². The smallest absolute Gasteiger partial charge is 0.407 e. The highest BCUT2D eigenvalue weighted by molar-refractivity contribution is 5.72. The number of aliphatic carboxylic acids is 1. The molecule has 5 nitrogen and oxygen atoms in total. The molecule has 0 aromatic carbocycles. The summed E-state index contributed by atoms with van der Waals surface area (Å²) in [6.07, 6.45) is 1.11. The van der Waals surface area contributed by atoms with E-state index in [4.69, 9.17) is 10.2 Å². The van der Waals surface area contributed by atoms with Crippen LogP contribution in [0.15, 0.2) is 0 Å². The molecule has 1 aliphatic rings. The Bertz CT molecular complexity index is 194. The van der Waals surface area contributed by atoms with Crippen molar-refractivity contribution >= 4 is 12.1 Å². The van der Waals surface area contributed by atoms with E-state index >= 15 is 0 Å². The number of carboxylic acids is 1. The molecular formula is C8H13NO4. The molecule has 1 heterocycles. The minimum absolute atomic E-state index is 0.130. The van der Waals surface area contributed by atoms with Gasteiger partial charge in [0.1, 0.15) is 0 Å². The summed E-state index contributed by atoms with van der Waals surface area (Å²) in [5.74, 6) is -1.42. The molecule has 1 amide bonds. The van der Waals surface area contributed by atoms with Gasteiger partial charge in [0.05, 0.1) is 5.92 Å². The summed E-state index contributed by atoms with van der Waals surface area (Å²) in [5.41, 5.74) is 0. The molecule has 1 aliphatic heterocycles. The SMILES string of the molecule is O=C(O)C1CCCCN(C(=O)O)C1. The maximum Gasteiger partial charge on any atom is 0.407 e. The van der Waals surface area contributed by atoms with Crippen molar-refractivity contribution in [2.24, 2.45) is 5.92 Å². The zero-order valence-electron chi connectivity index (χ0n) is 7.27. The third kappa shape index (κ3) is 2.61. The quantitative estimate of drug-likeness (QED) is 0.638. The van der Waals surface area contributed by atoms with Gasteiger partial charge in [0.15, 0.2) is 0 Å². The number of rotatable bonds is 1. The molecule has 0 saturated carbocycles. The zero-order valence-corrected chi connectivity index (χ0v) is 7.27. The first-order chi connectivity index (χ1) is 6.11. The fourth-order valence-electron chi connectivity index (χ4n) is 1.52. The summed E-state index contributed by atoms with van der Waals surface area (Å²) in [5, 5.41) is 17.4. The van der Waals surface area contributed by atoms with E-state index in [9.17, 15) is 9.59 Å². The highest BCUT2D eigenvalue weighted by Crippen LogP contribution is 2.16. The van der Waals surface area contributed by atoms with Gasteiger partial charge >= 0.3 is 12.1 Å². The van der Waals surface area contributed by atoms with Crippen LogP contribution in [0.3, 0.4) is 0 Å². The van der Waals surface area contributed by atoms with Gasteiger partial charge in [-0.25, -0.2) is 4.79 Å². The van der Waals surface area contributed by atoms with E-state index in [1.165, 1.54) is 4.90 Å². The molecule has 5 heteroatoms. The van der Waals surface area contributed by atoms with Crippen molar-refractivity contribution in [1.29, 1.82) is 0 Å². The second-order valence-corrected chi connectivity index (χ2v) is 3.26. The van der Waals surface area contributed by atoms with Gasteiger partial charge in [-0.1, -0.05) is 6.42 Å². The Kier molecular flexibility index (Phi) is 3.11. The van der Waals surface area contributed by atoms with Crippen molar-refractivity contribution in [2.45, 2.75) is 19.3 Å². The van der Waals surface area contributed by atoms with Crippen LogP contribution in [-0.4, -0.2) is 40.3 Å². The summed E-state index contributed by atoms with van der Waals surface area (Å²) in [7, 11) is 0. The first kappa shape index (κ1) is 9.83. The van der Waals surface area contributed by atoms with E-state index in [0.717, 1.165) is 12.8 Å². The summed E-state index contributed by atoms with van der Waals surface area (Å²) < 4.78 is 0. The van der Waals surface area contributed by atoms with E-state index < -0.39 is 18.0 Å². The molecule has 1 saturated heterocycles. The molecule has 2 N–H and O–H groups in total. The molecule has 0 spiro atoms. The Balaban J connectivity index is 2.59. The van der Waals surface area contributed by atoms with Gasteiger partial charge in [-0.15, -0.1) is 0 Å². The lowest BCUT2D eigenvalue weighted by Crippen LogP contribution is -2.35. The fourth-order valence-corrected chi connectivity index (χ4v) is 1.52. The summed E-state index contributed by atoms with van der Waals surface area (Å²) in [6, 6.07) is 0. The molecule has 74 valence electrons. The Morgan fingerprint density at radius 2 is 1.92 bits per heavy atom. The standard InChI is InChI=1S/C8H13NO4/c10-7(11)6-3-1-2-4-9(5-6)8(12)13/h6H,1-5H2,(H,10,11)(H,12,13). The topological polar surface area (TPSA) is 77.8 Å². The van der Waals surface area contributed by atoms with Crippen LogP contribution >= 0.6 is 0 Å². The molecule has 0 aliphatic carbocycles. The maximum atomic E-state index is 10.7. The molecule has 0 bridgehead atoms. The number of carboxylic acid groups (broad SMARTS) is 2. The molecule has 1 unspecified atom stereocenters. The molecule has 0 radical (unpaired) electrons. The van der Waals surface area contributed by atoms with Gasteiger partial charge in [0.25, 0.3) is 0 Å². The van der Waals surface area contributed by atoms with Gasteiger partial charge in [0.2, 0.25) is 0 Å². The molecular weight excluding hydrogens is 174 g/mol. The first-order valence-corrected chi connectivity index (χ1v) is 4.32. The number of hydrogen-bond acceptors (Lipinski definition) is 2. The molecule has 1 fully saturated rings. The van der Waals surface area contributed by atoms with E-state index in [0.29, 0.717) is 13.0 Å². The van der Waals surface area contributed by atoms with Crippen molar-refractivity contribution < 1.29 is 19.8 Å². The minimum Gasteiger partial charge on any atom is -0.481 e. The monoisotopic (exact) mass is 187 g/mol. The Hall–Kier alpha value is -1.26. The number of carbonyl (C=O) groups is 2. The van der Waals surface area contributed by atoms with Crippen molar-refractivity contribution in [3.63, 3.8) is 0 Å². The van der Waals surface area contributed by atoms with Crippen LogP contribution in [0.1, 0.15) is 19.3 Å². The van der Waals surface area contributed by atoms with Crippen LogP contribution in [0.2, 0.25) is 0 Å². The van der Waals surface area contributed by atoms with Crippen LogP contribution in [0, 0.1) is 5.92 Å². The van der Waals surface area contributed by atoms with E-state index in [1.54, 1.807) is 0 Å². The van der Waals surface area contributed by atoms with Crippen molar-refractivity contribution in [3.8, 4) is 0 Å². The third-order valence-electron chi connectivity index (χ3n) is 2.29. The van der Waals surface area contributed by atoms with Crippen LogP contribution in [0.4, 0.5) is 4.79 Å². The zero-order chi connectivity index (χ0) is 9.84. The second kappa shape index (κ2) is 4.11. The lowest BCUT2D eigenvalue weighted by Gasteiger charge is -2.18. The van der Waals surface area contributed by atoms with Gasteiger partial charge < -0.3 is 15.1 Å². The molecule has 0 aromatic heterocycles. The van der Waals surface area contributed by atoms with Crippen molar-refractivity contribution in [2.75, 3.05) is 13.1 Å². The normalized spacial score (nSPS) is 23.7. The summed E-state index contributed by atoms with van der Waals surface area (Å²) >= 11 is 0. The Morgan fingerprint density at radius 1 is 1.23 bits per heavy atom. The predicted octanol–water partition coefficient (Wildman–Crippen LogP) is 0.851.